The van der Waals surface area contributed by atoms with Crippen molar-refractivity contribution < 1.29 is 52.4 Å². The molecule has 32 heavy (non-hydrogen) atoms. The Kier molecular flexibility index (Phi) is 7.93. The third-order valence-electron chi connectivity index (χ3n) is 4.25. The second-order valence-corrected chi connectivity index (χ2v) is 7.84. The van der Waals surface area contributed by atoms with E-state index in [0.717, 1.165) is 29.8 Å². The average molecular weight is 466 g/mol. The van der Waals surface area contributed by atoms with Crippen LogP contribution in [-0.4, -0.2) is 22.8 Å². The number of nitro benzene ring substituents is 2. The molecule has 0 radical (unpaired) electrons. The summed E-state index contributed by atoms with van der Waals surface area (Å²) >= 11 is 0. The summed E-state index contributed by atoms with van der Waals surface area (Å²) in [7, 11) is -4.90. The monoisotopic (exact) mass is 466 g/mol. The molecule has 0 saturated heterocycles. The minimum Gasteiger partial charge on any atom is -0.744 e. The molecule has 3 rings (SSSR count). The van der Waals surface area contributed by atoms with E-state index in [0.29, 0.717) is 5.69 Å². The number of hydrogen-bond donors (Lipinski definition) is 2. The second-order valence-electron chi connectivity index (χ2n) is 6.50. The molecule has 0 aliphatic carbocycles. The fraction of sp³-hybridized carbons (Fsp3) is 0.0526. The Bertz CT molecular complexity index is 1280. The van der Waals surface area contributed by atoms with Crippen LogP contribution in [-0.2, 0) is 10.1 Å². The van der Waals surface area contributed by atoms with E-state index >= 15 is 0 Å². The van der Waals surface area contributed by atoms with Crippen LogP contribution >= 0.6 is 0 Å². The van der Waals surface area contributed by atoms with Gasteiger partial charge in [-0.25, -0.2) is 8.42 Å². The number of non-ortho nitro benzene ring substituents is 1. The number of anilines is 4. The van der Waals surface area contributed by atoms with Crippen molar-refractivity contribution in [2.24, 2.45) is 0 Å². The maximum Gasteiger partial charge on any atom is 1.00 e. The van der Waals surface area contributed by atoms with Gasteiger partial charge in [-0.2, -0.15) is 0 Å². The van der Waals surface area contributed by atoms with Gasteiger partial charge in [-0.3, -0.25) is 20.2 Å². The predicted molar refractivity (Wildman–Crippen MR) is 112 cm³/mol. The Morgan fingerprint density at radius 1 is 0.781 bits per heavy atom. The van der Waals surface area contributed by atoms with Crippen LogP contribution in [0.25, 0.3) is 0 Å². The van der Waals surface area contributed by atoms with Crippen molar-refractivity contribution in [2.45, 2.75) is 11.8 Å². The van der Waals surface area contributed by atoms with Crippen LogP contribution in [0.4, 0.5) is 34.1 Å². The Hall–Kier alpha value is -3.03. The Morgan fingerprint density at radius 3 is 1.91 bits per heavy atom. The van der Waals surface area contributed by atoms with Gasteiger partial charge in [0.1, 0.15) is 15.8 Å². The zero-order valence-electron chi connectivity index (χ0n) is 16.9. The summed E-state index contributed by atoms with van der Waals surface area (Å²) in [5, 5.41) is 27.6. The zero-order chi connectivity index (χ0) is 22.8. The minimum absolute atomic E-state index is 0. The maximum absolute atomic E-state index is 11.8. The molecule has 3 aromatic carbocycles. The van der Waals surface area contributed by atoms with Crippen molar-refractivity contribution in [1.82, 2.24) is 0 Å². The van der Waals surface area contributed by atoms with Crippen molar-refractivity contribution in [1.29, 1.82) is 0 Å². The Labute approximate surface area is 204 Å². The summed E-state index contributed by atoms with van der Waals surface area (Å²) in [6.07, 6.45) is 0. The third-order valence-corrected chi connectivity index (χ3v) is 5.13. The van der Waals surface area contributed by atoms with E-state index in [4.69, 9.17) is 0 Å². The van der Waals surface area contributed by atoms with Crippen molar-refractivity contribution in [3.8, 4) is 0 Å². The maximum atomic E-state index is 11.8. The standard InChI is InChI=1S/C19H16N4O7S.Na/c1-12-2-4-13(5-3-12)20-17-8-6-14(10-19(17)31(28,29)30)21-16-9-7-15(22(24)25)11-18(16)23(26)27;/h2-11,20-21H,1H3,(H,28,29,30);/q;+1/p-1. The molecule has 0 atom stereocenters. The van der Waals surface area contributed by atoms with E-state index in [2.05, 4.69) is 10.6 Å². The van der Waals surface area contributed by atoms with Crippen molar-refractivity contribution in [3.05, 3.63) is 86.5 Å². The van der Waals surface area contributed by atoms with Gasteiger partial charge in [-0.05, 0) is 43.3 Å². The minimum atomic E-state index is -4.90. The third kappa shape index (κ3) is 6.02. The Morgan fingerprint density at radius 2 is 1.34 bits per heavy atom. The molecule has 0 bridgehead atoms. The van der Waals surface area contributed by atoms with E-state index < -0.39 is 36.2 Å². The second kappa shape index (κ2) is 10.1. The fourth-order valence-corrected chi connectivity index (χ4v) is 3.41. The van der Waals surface area contributed by atoms with Crippen LogP contribution in [0.3, 0.4) is 0 Å². The zero-order valence-corrected chi connectivity index (χ0v) is 19.8. The predicted octanol–water partition coefficient (Wildman–Crippen LogP) is 1.21. The van der Waals surface area contributed by atoms with Gasteiger partial charge in [-0.15, -0.1) is 0 Å². The van der Waals surface area contributed by atoms with Gasteiger partial charge in [-0.1, -0.05) is 17.7 Å². The van der Waals surface area contributed by atoms with Gasteiger partial charge in [0.05, 0.1) is 26.5 Å². The molecule has 0 aliphatic rings. The van der Waals surface area contributed by atoms with Crippen LogP contribution in [0.2, 0.25) is 0 Å². The van der Waals surface area contributed by atoms with Gasteiger partial charge in [0.2, 0.25) is 0 Å². The number of nitro groups is 2. The Balaban J connectivity index is 0.00000363. The molecule has 0 aliphatic heterocycles. The van der Waals surface area contributed by atoms with E-state index in [1.807, 2.05) is 6.92 Å². The quantitative estimate of drug-likeness (QED) is 0.225. The van der Waals surface area contributed by atoms with Crippen molar-refractivity contribution in [3.63, 3.8) is 0 Å². The van der Waals surface area contributed by atoms with E-state index in [-0.39, 0.29) is 46.6 Å². The molecule has 0 unspecified atom stereocenters. The van der Waals surface area contributed by atoms with Crippen LogP contribution in [0.15, 0.2) is 65.6 Å². The molecule has 0 fully saturated rings. The summed E-state index contributed by atoms with van der Waals surface area (Å²) < 4.78 is 35.4. The van der Waals surface area contributed by atoms with E-state index in [1.165, 1.54) is 12.1 Å². The molecule has 0 aromatic heterocycles. The first kappa shape index (κ1) is 25.2. The topological polar surface area (TPSA) is 168 Å². The first-order chi connectivity index (χ1) is 14.5. The van der Waals surface area contributed by atoms with Gasteiger partial charge in [0, 0.05) is 17.4 Å². The summed E-state index contributed by atoms with van der Waals surface area (Å²) in [5.74, 6) is 0. The molecule has 0 saturated carbocycles. The molecular formula is C19H15N4NaO7S. The average Bonchev–Trinajstić information content (AvgIpc) is 2.70. The van der Waals surface area contributed by atoms with Crippen LogP contribution < -0.4 is 40.2 Å². The number of nitrogens with zero attached hydrogens (tertiary/aromatic N) is 2. The van der Waals surface area contributed by atoms with Crippen LogP contribution in [0, 0.1) is 27.2 Å². The molecule has 0 heterocycles. The number of nitrogens with one attached hydrogen (secondary N) is 2. The fourth-order valence-electron chi connectivity index (χ4n) is 2.75. The van der Waals surface area contributed by atoms with E-state index in [1.54, 1.807) is 24.3 Å². The van der Waals surface area contributed by atoms with Gasteiger partial charge in [0.25, 0.3) is 11.4 Å². The SMILES string of the molecule is Cc1ccc(Nc2ccc(Nc3ccc([N+](=O)[O-])cc3[N+](=O)[O-])cc2S(=O)(=O)[O-])cc1.[Na+]. The molecule has 160 valence electrons. The number of aryl methyl sites for hydroxylation is 1. The van der Waals surface area contributed by atoms with E-state index in [9.17, 15) is 33.2 Å². The first-order valence-corrected chi connectivity index (χ1v) is 10.1. The largest absolute Gasteiger partial charge is 1.00 e. The van der Waals surface area contributed by atoms with Gasteiger partial charge >= 0.3 is 29.6 Å². The number of hydrogen-bond acceptors (Lipinski definition) is 9. The smallest absolute Gasteiger partial charge is 0.744 e. The number of rotatable bonds is 7. The summed E-state index contributed by atoms with van der Waals surface area (Å²) in [4.78, 5) is 20.0. The molecule has 3 aromatic rings. The van der Waals surface area contributed by atoms with Crippen molar-refractivity contribution >= 4 is 44.2 Å². The first-order valence-electron chi connectivity index (χ1n) is 8.68. The van der Waals surface area contributed by atoms with Gasteiger partial charge < -0.3 is 15.2 Å². The molecule has 13 heteroatoms. The molecule has 2 N–H and O–H groups in total. The summed E-state index contributed by atoms with van der Waals surface area (Å²) in [5.41, 5.74) is 0.488. The number of benzene rings is 3. The molecule has 0 amide bonds. The van der Waals surface area contributed by atoms with Crippen LogP contribution in [0.1, 0.15) is 5.56 Å². The normalized spacial score (nSPS) is 10.7. The van der Waals surface area contributed by atoms with Crippen LogP contribution in [0.5, 0.6) is 0 Å². The summed E-state index contributed by atoms with van der Waals surface area (Å²) in [6, 6.07) is 13.8. The van der Waals surface area contributed by atoms with Crippen molar-refractivity contribution in [2.75, 3.05) is 10.6 Å². The van der Waals surface area contributed by atoms with Gasteiger partial charge in [0.15, 0.2) is 0 Å². The molecular weight excluding hydrogens is 451 g/mol. The molecule has 0 spiro atoms. The molecule has 11 nitrogen and oxygen atoms in total. The summed E-state index contributed by atoms with van der Waals surface area (Å²) in [6.45, 7) is 1.88.